The van der Waals surface area contributed by atoms with Crippen molar-refractivity contribution < 1.29 is 18.8 Å². The zero-order valence-corrected chi connectivity index (χ0v) is 16.3. The molecule has 3 amide bonds. The number of nitrogens with zero attached hydrogens (tertiary/aromatic N) is 3. The first-order valence-corrected chi connectivity index (χ1v) is 10.1. The van der Waals surface area contributed by atoms with E-state index in [0.29, 0.717) is 51.1 Å². The minimum Gasteiger partial charge on any atom is -0.340 e. The van der Waals surface area contributed by atoms with Gasteiger partial charge in [0.05, 0.1) is 0 Å². The summed E-state index contributed by atoms with van der Waals surface area (Å²) in [4.78, 5) is 43.3. The molecule has 0 saturated carbocycles. The molecule has 1 atom stereocenters. The Morgan fingerprint density at radius 1 is 1.07 bits per heavy atom. The van der Waals surface area contributed by atoms with Crippen LogP contribution >= 0.6 is 0 Å². The molecule has 1 aromatic rings. The maximum atomic E-state index is 13.5. The fourth-order valence-corrected chi connectivity index (χ4v) is 3.83. The van der Waals surface area contributed by atoms with E-state index in [1.165, 1.54) is 4.90 Å². The third kappa shape index (κ3) is 4.34. The van der Waals surface area contributed by atoms with Crippen LogP contribution in [0.25, 0.3) is 0 Å². The standard InChI is InChI=1S/C21H28FN3O3/c1-2-3-11-23-14-15-25(21(28)20(23)27)18(16-7-5-4-6-8-16)19(26)24-12-9-17(22)10-13-24/h4-8,17-18H,2-3,9-15H2,1H3/t18-/m1/s1. The fourth-order valence-electron chi connectivity index (χ4n) is 3.83. The zero-order chi connectivity index (χ0) is 20.1. The summed E-state index contributed by atoms with van der Waals surface area (Å²) in [6, 6.07) is 8.22. The Hall–Kier alpha value is -2.44. The molecule has 0 N–H and O–H groups in total. The highest BCUT2D eigenvalue weighted by Crippen LogP contribution is 2.27. The van der Waals surface area contributed by atoms with Gasteiger partial charge in [0.2, 0.25) is 5.91 Å². The lowest BCUT2D eigenvalue weighted by Crippen LogP contribution is -2.58. The average Bonchev–Trinajstić information content (AvgIpc) is 2.72. The summed E-state index contributed by atoms with van der Waals surface area (Å²) in [5, 5.41) is 0. The van der Waals surface area contributed by atoms with Gasteiger partial charge in [-0.1, -0.05) is 43.7 Å². The van der Waals surface area contributed by atoms with Gasteiger partial charge in [0.15, 0.2) is 0 Å². The van der Waals surface area contributed by atoms with E-state index in [1.54, 1.807) is 21.9 Å². The van der Waals surface area contributed by atoms with Gasteiger partial charge in [-0.25, -0.2) is 4.39 Å². The summed E-state index contributed by atoms with van der Waals surface area (Å²) >= 11 is 0. The highest BCUT2D eigenvalue weighted by molar-refractivity contribution is 6.35. The molecule has 0 aliphatic carbocycles. The van der Waals surface area contributed by atoms with Gasteiger partial charge >= 0.3 is 11.8 Å². The molecule has 2 aliphatic heterocycles. The molecule has 152 valence electrons. The smallest absolute Gasteiger partial charge is 0.313 e. The Balaban J connectivity index is 1.83. The number of hydrogen-bond donors (Lipinski definition) is 0. The molecule has 0 unspecified atom stereocenters. The van der Waals surface area contributed by atoms with Crippen molar-refractivity contribution in [2.75, 3.05) is 32.7 Å². The van der Waals surface area contributed by atoms with E-state index >= 15 is 0 Å². The molecule has 0 radical (unpaired) electrons. The van der Waals surface area contributed by atoms with Gasteiger partial charge < -0.3 is 14.7 Å². The van der Waals surface area contributed by atoms with Crippen molar-refractivity contribution in [1.29, 1.82) is 0 Å². The Bertz CT molecular complexity index is 704. The van der Waals surface area contributed by atoms with Crippen LogP contribution in [-0.2, 0) is 14.4 Å². The summed E-state index contributed by atoms with van der Waals surface area (Å²) in [5.41, 5.74) is 0.679. The molecule has 0 spiro atoms. The van der Waals surface area contributed by atoms with E-state index in [4.69, 9.17) is 0 Å². The van der Waals surface area contributed by atoms with E-state index in [0.717, 1.165) is 12.8 Å². The third-order valence-electron chi connectivity index (χ3n) is 5.52. The monoisotopic (exact) mass is 389 g/mol. The van der Waals surface area contributed by atoms with Gasteiger partial charge in [0.1, 0.15) is 12.2 Å². The fraction of sp³-hybridized carbons (Fsp3) is 0.571. The van der Waals surface area contributed by atoms with Crippen LogP contribution in [0.5, 0.6) is 0 Å². The highest BCUT2D eigenvalue weighted by atomic mass is 19.1. The molecule has 0 bridgehead atoms. The summed E-state index contributed by atoms with van der Waals surface area (Å²) < 4.78 is 13.5. The minimum atomic E-state index is -0.885. The van der Waals surface area contributed by atoms with Gasteiger partial charge in [-0.05, 0) is 24.8 Å². The quantitative estimate of drug-likeness (QED) is 0.701. The normalized spacial score (nSPS) is 19.9. The predicted molar refractivity (Wildman–Crippen MR) is 103 cm³/mol. The Labute approximate surface area is 165 Å². The minimum absolute atomic E-state index is 0.235. The molecular weight excluding hydrogens is 361 g/mol. The van der Waals surface area contributed by atoms with Crippen molar-refractivity contribution >= 4 is 17.7 Å². The van der Waals surface area contributed by atoms with Gasteiger partial charge in [-0.15, -0.1) is 0 Å². The molecule has 7 heteroatoms. The van der Waals surface area contributed by atoms with Crippen LogP contribution in [-0.4, -0.2) is 71.3 Å². The van der Waals surface area contributed by atoms with Gasteiger partial charge in [-0.3, -0.25) is 14.4 Å². The van der Waals surface area contributed by atoms with E-state index < -0.39 is 24.0 Å². The summed E-state index contributed by atoms with van der Waals surface area (Å²) in [6.07, 6.45) is 1.52. The Morgan fingerprint density at radius 3 is 2.39 bits per heavy atom. The summed E-state index contributed by atoms with van der Waals surface area (Å²) in [7, 11) is 0. The zero-order valence-electron chi connectivity index (χ0n) is 16.3. The van der Waals surface area contributed by atoms with Crippen molar-refractivity contribution in [3.63, 3.8) is 0 Å². The third-order valence-corrected chi connectivity index (χ3v) is 5.52. The molecule has 28 heavy (non-hydrogen) atoms. The second-order valence-corrected chi connectivity index (χ2v) is 7.46. The van der Waals surface area contributed by atoms with Crippen LogP contribution in [0, 0.1) is 0 Å². The van der Waals surface area contributed by atoms with Crippen LogP contribution < -0.4 is 0 Å². The lowest BCUT2D eigenvalue weighted by molar-refractivity contribution is -0.161. The maximum absolute atomic E-state index is 13.5. The maximum Gasteiger partial charge on any atom is 0.313 e. The topological polar surface area (TPSA) is 60.9 Å². The lowest BCUT2D eigenvalue weighted by atomic mass is 10.0. The number of rotatable bonds is 6. The van der Waals surface area contributed by atoms with Crippen molar-refractivity contribution in [2.45, 2.75) is 44.8 Å². The molecular formula is C21H28FN3O3. The number of unbranched alkanes of at least 4 members (excludes halogenated alkanes) is 1. The number of amides is 3. The number of carbonyl (C=O) groups is 3. The molecule has 2 aliphatic rings. The van der Waals surface area contributed by atoms with E-state index in [-0.39, 0.29) is 5.91 Å². The molecule has 1 aromatic carbocycles. The van der Waals surface area contributed by atoms with Crippen LogP contribution in [0.1, 0.15) is 44.2 Å². The van der Waals surface area contributed by atoms with Crippen molar-refractivity contribution in [2.24, 2.45) is 0 Å². The molecule has 6 nitrogen and oxygen atoms in total. The number of carbonyl (C=O) groups excluding carboxylic acids is 3. The lowest BCUT2D eigenvalue weighted by Gasteiger charge is -2.40. The Kier molecular flexibility index (Phi) is 6.65. The van der Waals surface area contributed by atoms with E-state index in [9.17, 15) is 18.8 Å². The van der Waals surface area contributed by atoms with Crippen LogP contribution in [0.15, 0.2) is 30.3 Å². The molecule has 3 rings (SSSR count). The first-order chi connectivity index (χ1) is 13.5. The van der Waals surface area contributed by atoms with E-state index in [1.807, 2.05) is 25.1 Å². The number of likely N-dealkylation sites (tertiary alicyclic amines) is 1. The number of alkyl halides is 1. The van der Waals surface area contributed by atoms with Gasteiger partial charge in [-0.2, -0.15) is 0 Å². The first-order valence-electron chi connectivity index (χ1n) is 10.1. The van der Waals surface area contributed by atoms with Crippen LogP contribution in [0.3, 0.4) is 0 Å². The second-order valence-electron chi connectivity index (χ2n) is 7.46. The number of halogens is 1. The summed E-state index contributed by atoms with van der Waals surface area (Å²) in [5.74, 6) is -1.41. The molecule has 2 heterocycles. The first kappa shape index (κ1) is 20.3. The Morgan fingerprint density at radius 2 is 1.75 bits per heavy atom. The highest BCUT2D eigenvalue weighted by Gasteiger charge is 2.41. The SMILES string of the molecule is CCCCN1CCN([C@@H](C(=O)N2CCC(F)CC2)c2ccccc2)C(=O)C1=O. The number of piperazine rings is 1. The van der Waals surface area contributed by atoms with Crippen LogP contribution in [0.2, 0.25) is 0 Å². The largest absolute Gasteiger partial charge is 0.340 e. The molecule has 2 saturated heterocycles. The predicted octanol–water partition coefficient (Wildman–Crippen LogP) is 2.16. The van der Waals surface area contributed by atoms with Crippen molar-refractivity contribution in [3.05, 3.63) is 35.9 Å². The average molecular weight is 389 g/mol. The summed E-state index contributed by atoms with van der Waals surface area (Å²) in [6.45, 7) is 4.01. The number of hydrogen-bond acceptors (Lipinski definition) is 3. The second kappa shape index (κ2) is 9.17. The molecule has 2 fully saturated rings. The number of piperidine rings is 1. The van der Waals surface area contributed by atoms with Gasteiger partial charge in [0, 0.05) is 32.7 Å². The van der Waals surface area contributed by atoms with Gasteiger partial charge in [0.25, 0.3) is 0 Å². The van der Waals surface area contributed by atoms with Crippen LogP contribution in [0.4, 0.5) is 4.39 Å². The molecule has 0 aromatic heterocycles. The van der Waals surface area contributed by atoms with Crippen molar-refractivity contribution in [1.82, 2.24) is 14.7 Å². The van der Waals surface area contributed by atoms with Crippen molar-refractivity contribution in [3.8, 4) is 0 Å². The van der Waals surface area contributed by atoms with E-state index in [2.05, 4.69) is 0 Å². The number of benzene rings is 1.